The summed E-state index contributed by atoms with van der Waals surface area (Å²) in [6.07, 6.45) is 3.54. The first-order chi connectivity index (χ1) is 8.02. The molecule has 0 aliphatic heterocycles. The lowest BCUT2D eigenvalue weighted by atomic mass is 10.1. The molecule has 0 saturated heterocycles. The first kappa shape index (κ1) is 11.6. The van der Waals surface area contributed by atoms with Gasteiger partial charge in [-0.1, -0.05) is 19.9 Å². The molecule has 0 aliphatic carbocycles. The quantitative estimate of drug-likeness (QED) is 0.842. The van der Waals surface area contributed by atoms with Crippen molar-refractivity contribution in [3.05, 3.63) is 35.9 Å². The van der Waals surface area contributed by atoms with E-state index in [4.69, 9.17) is 10.8 Å². The van der Waals surface area contributed by atoms with E-state index in [1.165, 1.54) is 0 Å². The third-order valence-corrected chi connectivity index (χ3v) is 2.75. The zero-order valence-electron chi connectivity index (χ0n) is 9.79. The second kappa shape index (κ2) is 4.18. The molecule has 2 aromatic heterocycles. The lowest BCUT2D eigenvalue weighted by Crippen LogP contribution is -2.21. The van der Waals surface area contributed by atoms with Crippen LogP contribution >= 0.6 is 0 Å². The van der Waals surface area contributed by atoms with Gasteiger partial charge in [-0.25, -0.2) is 4.98 Å². The van der Waals surface area contributed by atoms with Crippen LogP contribution in [0.2, 0.25) is 0 Å². The minimum Gasteiger partial charge on any atom is -0.480 e. The smallest absolute Gasteiger partial charge is 0.325 e. The molecule has 17 heavy (non-hydrogen) atoms. The van der Waals surface area contributed by atoms with E-state index in [0.29, 0.717) is 5.56 Å². The molecule has 0 bridgehead atoms. The minimum atomic E-state index is -1.04. The highest BCUT2D eigenvalue weighted by Crippen LogP contribution is 2.21. The summed E-state index contributed by atoms with van der Waals surface area (Å²) in [5, 5.41) is 8.96. The Labute approximate surface area is 98.9 Å². The van der Waals surface area contributed by atoms with Crippen molar-refractivity contribution in [1.82, 2.24) is 9.38 Å². The average molecular weight is 233 g/mol. The van der Waals surface area contributed by atoms with Gasteiger partial charge < -0.3 is 15.2 Å². The van der Waals surface area contributed by atoms with Gasteiger partial charge >= 0.3 is 5.97 Å². The fraction of sp³-hybridized carbons (Fsp3) is 0.333. The molecule has 0 amide bonds. The number of aromatic nitrogens is 2. The molecule has 5 nitrogen and oxygen atoms in total. The van der Waals surface area contributed by atoms with Crippen molar-refractivity contribution in [3.63, 3.8) is 0 Å². The molecule has 2 rings (SSSR count). The van der Waals surface area contributed by atoms with E-state index in [1.807, 2.05) is 24.4 Å². The highest BCUT2D eigenvalue weighted by atomic mass is 16.4. The van der Waals surface area contributed by atoms with Crippen molar-refractivity contribution in [2.24, 2.45) is 5.73 Å². The van der Waals surface area contributed by atoms with Crippen molar-refractivity contribution in [2.75, 3.05) is 0 Å². The summed E-state index contributed by atoms with van der Waals surface area (Å²) in [5.74, 6) is 0.138. The second-order valence-electron chi connectivity index (χ2n) is 4.31. The standard InChI is InChI=1S/C12H15N3O2/c1-7(2)11-14-6-9-8(10(13)12(16)17)4-3-5-15(9)11/h3-7,10H,13H2,1-2H3,(H,16,17). The van der Waals surface area contributed by atoms with Crippen LogP contribution in [0.3, 0.4) is 0 Å². The number of hydrogen-bond donors (Lipinski definition) is 2. The Kier molecular flexibility index (Phi) is 2.85. The molecule has 5 heteroatoms. The van der Waals surface area contributed by atoms with E-state index in [9.17, 15) is 4.79 Å². The predicted octanol–water partition coefficient (Wildman–Crippen LogP) is 1.54. The Hall–Kier alpha value is -1.88. The average Bonchev–Trinajstić information content (AvgIpc) is 2.71. The molecule has 1 unspecified atom stereocenters. The zero-order valence-corrected chi connectivity index (χ0v) is 9.79. The van der Waals surface area contributed by atoms with Gasteiger partial charge in [0.15, 0.2) is 0 Å². The Morgan fingerprint density at radius 2 is 2.24 bits per heavy atom. The molecule has 90 valence electrons. The van der Waals surface area contributed by atoms with Crippen LogP contribution < -0.4 is 5.73 Å². The van der Waals surface area contributed by atoms with Crippen LogP contribution in [-0.4, -0.2) is 20.5 Å². The van der Waals surface area contributed by atoms with E-state index in [2.05, 4.69) is 4.98 Å². The van der Waals surface area contributed by atoms with Gasteiger partial charge in [-0.2, -0.15) is 0 Å². The van der Waals surface area contributed by atoms with Crippen LogP contribution in [0.4, 0.5) is 0 Å². The molecule has 2 aromatic rings. The van der Waals surface area contributed by atoms with Gasteiger partial charge in [0.25, 0.3) is 0 Å². The fourth-order valence-electron chi connectivity index (χ4n) is 1.89. The molecule has 0 radical (unpaired) electrons. The number of aliphatic carboxylic acids is 1. The number of carboxylic acids is 1. The van der Waals surface area contributed by atoms with Crippen molar-refractivity contribution < 1.29 is 9.90 Å². The van der Waals surface area contributed by atoms with Crippen molar-refractivity contribution in [2.45, 2.75) is 25.8 Å². The predicted molar refractivity (Wildman–Crippen MR) is 63.8 cm³/mol. The molecule has 3 N–H and O–H groups in total. The summed E-state index contributed by atoms with van der Waals surface area (Å²) < 4.78 is 1.89. The number of pyridine rings is 1. The molecule has 0 aliphatic rings. The Morgan fingerprint density at radius 1 is 1.53 bits per heavy atom. The molecule has 0 saturated carbocycles. The van der Waals surface area contributed by atoms with Crippen molar-refractivity contribution in [1.29, 1.82) is 0 Å². The van der Waals surface area contributed by atoms with Crippen LogP contribution in [0.1, 0.15) is 37.2 Å². The summed E-state index contributed by atoms with van der Waals surface area (Å²) in [6.45, 7) is 4.08. The normalized spacial score (nSPS) is 13.2. The number of nitrogens with zero attached hydrogens (tertiary/aromatic N) is 2. The topological polar surface area (TPSA) is 80.6 Å². The lowest BCUT2D eigenvalue weighted by molar-refractivity contribution is -0.138. The van der Waals surface area contributed by atoms with Gasteiger partial charge in [-0.3, -0.25) is 4.79 Å². The highest BCUT2D eigenvalue weighted by Gasteiger charge is 2.19. The first-order valence-electron chi connectivity index (χ1n) is 5.46. The minimum absolute atomic E-state index is 0.272. The van der Waals surface area contributed by atoms with E-state index >= 15 is 0 Å². The van der Waals surface area contributed by atoms with Crippen LogP contribution in [-0.2, 0) is 4.79 Å². The van der Waals surface area contributed by atoms with Gasteiger partial charge in [-0.05, 0) is 6.07 Å². The molecule has 1 atom stereocenters. The maximum Gasteiger partial charge on any atom is 0.325 e. The maximum absolute atomic E-state index is 10.9. The molecule has 2 heterocycles. The second-order valence-corrected chi connectivity index (χ2v) is 4.31. The van der Waals surface area contributed by atoms with Gasteiger partial charge in [0.05, 0.1) is 11.7 Å². The van der Waals surface area contributed by atoms with Crippen LogP contribution in [0.15, 0.2) is 24.5 Å². The monoisotopic (exact) mass is 233 g/mol. The third kappa shape index (κ3) is 1.89. The van der Waals surface area contributed by atoms with Gasteiger partial charge in [0, 0.05) is 17.7 Å². The van der Waals surface area contributed by atoms with Gasteiger partial charge in [0.2, 0.25) is 0 Å². The van der Waals surface area contributed by atoms with E-state index in [0.717, 1.165) is 11.3 Å². The van der Waals surface area contributed by atoms with E-state index in [1.54, 1.807) is 18.3 Å². The van der Waals surface area contributed by atoms with Gasteiger partial charge in [-0.15, -0.1) is 0 Å². The number of hydrogen-bond acceptors (Lipinski definition) is 3. The SMILES string of the molecule is CC(C)c1ncc2c(C(N)C(=O)O)cccn12. The molecular formula is C12H15N3O2. The Bertz CT molecular complexity index is 560. The maximum atomic E-state index is 10.9. The summed E-state index contributed by atoms with van der Waals surface area (Å²) in [6, 6.07) is 2.49. The van der Waals surface area contributed by atoms with E-state index < -0.39 is 12.0 Å². The number of rotatable bonds is 3. The highest BCUT2D eigenvalue weighted by molar-refractivity contribution is 5.78. The first-order valence-corrected chi connectivity index (χ1v) is 5.46. The molecular weight excluding hydrogens is 218 g/mol. The van der Waals surface area contributed by atoms with E-state index in [-0.39, 0.29) is 5.92 Å². The number of carbonyl (C=O) groups is 1. The number of carboxylic acid groups (broad SMARTS) is 1. The lowest BCUT2D eigenvalue weighted by Gasteiger charge is -2.10. The van der Waals surface area contributed by atoms with Crippen LogP contribution in [0.5, 0.6) is 0 Å². The summed E-state index contributed by atoms with van der Waals surface area (Å²) in [5.41, 5.74) is 6.99. The number of nitrogens with two attached hydrogens (primary N) is 1. The molecule has 0 spiro atoms. The van der Waals surface area contributed by atoms with Gasteiger partial charge in [0.1, 0.15) is 11.9 Å². The third-order valence-electron chi connectivity index (χ3n) is 2.75. The summed E-state index contributed by atoms with van der Waals surface area (Å²) in [7, 11) is 0. The Balaban J connectivity index is 2.63. The van der Waals surface area contributed by atoms with Crippen LogP contribution in [0.25, 0.3) is 5.52 Å². The van der Waals surface area contributed by atoms with Crippen molar-refractivity contribution >= 4 is 11.5 Å². The largest absolute Gasteiger partial charge is 0.480 e. The fourth-order valence-corrected chi connectivity index (χ4v) is 1.89. The van der Waals surface area contributed by atoms with Crippen LogP contribution in [0, 0.1) is 0 Å². The molecule has 0 aromatic carbocycles. The number of fused-ring (bicyclic) bond motifs is 1. The summed E-state index contributed by atoms with van der Waals surface area (Å²) >= 11 is 0. The number of imidazole rings is 1. The molecule has 0 fully saturated rings. The van der Waals surface area contributed by atoms with Crippen molar-refractivity contribution in [3.8, 4) is 0 Å². The summed E-state index contributed by atoms with van der Waals surface area (Å²) in [4.78, 5) is 15.2. The zero-order chi connectivity index (χ0) is 12.6. The Morgan fingerprint density at radius 3 is 2.82 bits per heavy atom.